The van der Waals surface area contributed by atoms with Crippen LogP contribution in [0.5, 0.6) is 0 Å². The molecule has 0 atom stereocenters. The van der Waals surface area contributed by atoms with E-state index in [1.807, 2.05) is 0 Å². The van der Waals surface area contributed by atoms with Crippen LogP contribution in [0.2, 0.25) is 5.02 Å². The van der Waals surface area contributed by atoms with E-state index in [1.54, 1.807) is 25.6 Å². The number of carbonyl (C=O) groups excluding carboxylic acids is 2. The van der Waals surface area contributed by atoms with Crippen LogP contribution < -0.4 is 11.1 Å². The third-order valence-corrected chi connectivity index (χ3v) is 6.58. The fourth-order valence-electron chi connectivity index (χ4n) is 3.40. The molecule has 13 heteroatoms. The maximum Gasteiger partial charge on any atom is 0.280 e. The lowest BCUT2D eigenvalue weighted by molar-refractivity contribution is -0.116. The van der Waals surface area contributed by atoms with Crippen molar-refractivity contribution in [2.75, 3.05) is 5.32 Å². The topological polar surface area (TPSA) is 121 Å². The van der Waals surface area contributed by atoms with Crippen molar-refractivity contribution in [2.24, 2.45) is 12.8 Å². The molecule has 0 saturated carbocycles. The number of fused-ring (bicyclic) bond motifs is 1. The monoisotopic (exact) mass is 493 g/mol. The van der Waals surface area contributed by atoms with Gasteiger partial charge < -0.3 is 11.1 Å². The highest BCUT2D eigenvalue weighted by atomic mass is 35.5. The highest BCUT2D eigenvalue weighted by molar-refractivity contribution is 7.21. The van der Waals surface area contributed by atoms with Crippen LogP contribution in [0, 0.1) is 13.8 Å². The van der Waals surface area contributed by atoms with E-state index in [-0.39, 0.29) is 21.9 Å². The number of nitrogens with one attached hydrogen (secondary N) is 1. The smallest absolute Gasteiger partial charge is 0.280 e. The number of anilines is 1. The van der Waals surface area contributed by atoms with Crippen LogP contribution >= 0.6 is 22.9 Å². The lowest BCUT2D eigenvalue weighted by Crippen LogP contribution is -2.21. The minimum atomic E-state index is -2.84. The number of pyridine rings is 1. The number of nitrogens with two attached hydrogens (primary N) is 1. The summed E-state index contributed by atoms with van der Waals surface area (Å²) in [5, 5.41) is 11.7. The predicted octanol–water partition coefficient (Wildman–Crippen LogP) is 3.84. The fourth-order valence-corrected chi connectivity index (χ4v) is 4.56. The number of hydrogen-bond acceptors (Lipinski definition) is 6. The van der Waals surface area contributed by atoms with Gasteiger partial charge in [0.2, 0.25) is 5.91 Å². The molecular weight excluding hydrogens is 476 g/mol. The summed E-state index contributed by atoms with van der Waals surface area (Å²) < 4.78 is 30.1. The highest BCUT2D eigenvalue weighted by Crippen LogP contribution is 2.43. The molecule has 0 bridgehead atoms. The van der Waals surface area contributed by atoms with Crippen molar-refractivity contribution < 1.29 is 18.4 Å². The first-order valence-corrected chi connectivity index (χ1v) is 10.8. The third kappa shape index (κ3) is 4.18. The number of hydrogen-bond donors (Lipinski definition) is 2. The second-order valence-electron chi connectivity index (χ2n) is 7.32. The van der Waals surface area contributed by atoms with Crippen molar-refractivity contribution in [1.29, 1.82) is 0 Å². The summed E-state index contributed by atoms with van der Waals surface area (Å²) in [7, 11) is 1.72. The molecule has 9 nitrogen and oxygen atoms in total. The predicted molar refractivity (Wildman–Crippen MR) is 121 cm³/mol. The zero-order valence-corrected chi connectivity index (χ0v) is 19.3. The van der Waals surface area contributed by atoms with Crippen molar-refractivity contribution in [3.8, 4) is 11.1 Å². The second kappa shape index (κ2) is 8.52. The molecule has 3 N–H and O–H groups in total. The van der Waals surface area contributed by atoms with Crippen molar-refractivity contribution in [1.82, 2.24) is 24.5 Å². The van der Waals surface area contributed by atoms with Crippen LogP contribution in [0.15, 0.2) is 18.5 Å². The summed E-state index contributed by atoms with van der Waals surface area (Å²) in [4.78, 5) is 29.1. The number of alkyl halides is 2. The van der Waals surface area contributed by atoms with Crippen molar-refractivity contribution in [3.63, 3.8) is 0 Å². The zero-order valence-electron chi connectivity index (χ0n) is 17.7. The molecule has 0 aliphatic heterocycles. The van der Waals surface area contributed by atoms with Crippen LogP contribution in [0.3, 0.4) is 0 Å². The van der Waals surface area contributed by atoms with Gasteiger partial charge in [-0.2, -0.15) is 10.2 Å². The summed E-state index contributed by atoms with van der Waals surface area (Å²) in [6, 6.07) is 1.24. The molecule has 0 unspecified atom stereocenters. The minimum absolute atomic E-state index is 0.00487. The highest BCUT2D eigenvalue weighted by Gasteiger charge is 2.26. The van der Waals surface area contributed by atoms with Gasteiger partial charge in [-0.25, -0.2) is 13.8 Å². The summed E-state index contributed by atoms with van der Waals surface area (Å²) >= 11 is 6.83. The number of rotatable bonds is 6. The Hall–Kier alpha value is -3.38. The van der Waals surface area contributed by atoms with Crippen LogP contribution in [-0.4, -0.2) is 36.4 Å². The van der Waals surface area contributed by atoms with Crippen LogP contribution in [0.25, 0.3) is 21.3 Å². The molecule has 0 aliphatic carbocycles. The number of nitrogens with zero attached hydrogens (tertiary/aromatic N) is 5. The molecule has 0 spiro atoms. The molecule has 4 heterocycles. The van der Waals surface area contributed by atoms with Gasteiger partial charge in [-0.15, -0.1) is 11.3 Å². The van der Waals surface area contributed by atoms with Crippen LogP contribution in [-0.2, 0) is 18.4 Å². The van der Waals surface area contributed by atoms with Crippen molar-refractivity contribution in [2.45, 2.75) is 26.8 Å². The van der Waals surface area contributed by atoms with Gasteiger partial charge in [0.15, 0.2) is 0 Å². The zero-order chi connectivity index (χ0) is 24.0. The van der Waals surface area contributed by atoms with Gasteiger partial charge in [0, 0.05) is 29.9 Å². The normalized spacial score (nSPS) is 11.5. The van der Waals surface area contributed by atoms with E-state index in [1.165, 1.54) is 23.1 Å². The van der Waals surface area contributed by atoms with Gasteiger partial charge in [0.05, 0.1) is 22.6 Å². The first-order chi connectivity index (χ1) is 15.6. The maximum absolute atomic E-state index is 13.6. The lowest BCUT2D eigenvalue weighted by Gasteiger charge is -2.11. The SMILES string of the molecule is Cc1nn(CC(=O)Nc2c(C(N)=O)sc3nc(C(F)F)cc(-c4cnn(C)c4C)c23)cc1Cl. The Morgan fingerprint density at radius 2 is 2.03 bits per heavy atom. The summed E-state index contributed by atoms with van der Waals surface area (Å²) in [6.45, 7) is 3.29. The first-order valence-electron chi connectivity index (χ1n) is 9.60. The molecule has 172 valence electrons. The largest absolute Gasteiger partial charge is 0.365 e. The van der Waals surface area contributed by atoms with E-state index in [9.17, 15) is 18.4 Å². The Bertz CT molecular complexity index is 1390. The number of halogens is 3. The summed E-state index contributed by atoms with van der Waals surface area (Å²) in [6.07, 6.45) is 0.189. The van der Waals surface area contributed by atoms with Gasteiger partial charge in [0.25, 0.3) is 12.3 Å². The first kappa shape index (κ1) is 22.8. The molecule has 2 amide bonds. The molecule has 0 aliphatic rings. The van der Waals surface area contributed by atoms with Crippen LogP contribution in [0.1, 0.15) is 33.2 Å². The molecule has 33 heavy (non-hydrogen) atoms. The molecule has 4 rings (SSSR count). The Kier molecular flexibility index (Phi) is 5.89. The number of aromatic nitrogens is 5. The number of thiophene rings is 1. The standard InChI is InChI=1S/C20H18ClF2N7O2S/c1-8-12(21)6-30(28-8)7-14(31)27-16-15-10(11-5-25-29(3)9(11)2)4-13(18(22)23)26-20(15)33-17(16)19(24)32/h4-6,18H,7H2,1-3H3,(H2,24,32)(H,27,31). The molecule has 0 aromatic carbocycles. The Morgan fingerprint density at radius 3 is 2.58 bits per heavy atom. The Balaban J connectivity index is 1.88. The molecule has 0 radical (unpaired) electrons. The van der Waals surface area contributed by atoms with E-state index in [0.717, 1.165) is 11.3 Å². The van der Waals surface area contributed by atoms with Gasteiger partial charge in [-0.1, -0.05) is 11.6 Å². The van der Waals surface area contributed by atoms with Gasteiger partial charge >= 0.3 is 0 Å². The minimum Gasteiger partial charge on any atom is -0.365 e. The number of primary amides is 1. The quantitative estimate of drug-likeness (QED) is 0.422. The van der Waals surface area contributed by atoms with E-state index in [0.29, 0.717) is 32.9 Å². The molecule has 4 aromatic heterocycles. The molecule has 0 saturated heterocycles. The van der Waals surface area contributed by atoms with Gasteiger partial charge in [0.1, 0.15) is 21.9 Å². The fraction of sp³-hybridized carbons (Fsp3) is 0.250. The number of carbonyl (C=O) groups is 2. The molecule has 4 aromatic rings. The summed E-state index contributed by atoms with van der Waals surface area (Å²) in [5.74, 6) is -1.33. The molecule has 0 fully saturated rings. The van der Waals surface area contributed by atoms with Crippen LogP contribution in [0.4, 0.5) is 14.5 Å². The number of amides is 2. The Labute approximate surface area is 195 Å². The van der Waals surface area contributed by atoms with E-state index >= 15 is 0 Å². The second-order valence-corrected chi connectivity index (χ2v) is 8.73. The van der Waals surface area contributed by atoms with E-state index in [2.05, 4.69) is 20.5 Å². The number of aryl methyl sites for hydroxylation is 2. The van der Waals surface area contributed by atoms with Gasteiger partial charge in [-0.3, -0.25) is 19.0 Å². The van der Waals surface area contributed by atoms with Crippen molar-refractivity contribution in [3.05, 3.63) is 45.4 Å². The average molecular weight is 494 g/mol. The van der Waals surface area contributed by atoms with Gasteiger partial charge in [-0.05, 0) is 25.5 Å². The molecular formula is C20H18ClF2N7O2S. The maximum atomic E-state index is 13.6. The Morgan fingerprint density at radius 1 is 1.30 bits per heavy atom. The average Bonchev–Trinajstić information content (AvgIpc) is 3.37. The summed E-state index contributed by atoms with van der Waals surface area (Å²) in [5.41, 5.74) is 7.37. The third-order valence-electron chi connectivity index (χ3n) is 5.11. The van der Waals surface area contributed by atoms with Crippen molar-refractivity contribution >= 4 is 50.7 Å². The van der Waals surface area contributed by atoms with E-state index < -0.39 is 23.9 Å². The lowest BCUT2D eigenvalue weighted by atomic mass is 10.0. The van der Waals surface area contributed by atoms with E-state index in [4.69, 9.17) is 17.3 Å².